The van der Waals surface area contributed by atoms with Crippen LogP contribution in [0.15, 0.2) is 48.5 Å². The lowest BCUT2D eigenvalue weighted by molar-refractivity contribution is 0.160. The van der Waals surface area contributed by atoms with Crippen LogP contribution < -0.4 is 0 Å². The van der Waals surface area contributed by atoms with Crippen LogP contribution in [0.1, 0.15) is 69.4 Å². The molecule has 0 heterocycles. The molecule has 4 rings (SSSR count). The van der Waals surface area contributed by atoms with E-state index in [2.05, 4.69) is 69.3 Å². The minimum Gasteiger partial charge on any atom is -0.0649 e. The summed E-state index contributed by atoms with van der Waals surface area (Å²) in [5.74, 6) is 0.723. The van der Waals surface area contributed by atoms with Crippen molar-refractivity contribution in [1.82, 2.24) is 0 Å². The highest BCUT2D eigenvalue weighted by Crippen LogP contribution is 2.48. The van der Waals surface area contributed by atoms with Crippen LogP contribution in [0.25, 0.3) is 21.5 Å². The summed E-state index contributed by atoms with van der Waals surface area (Å²) >= 11 is 0. The van der Waals surface area contributed by atoms with Crippen LogP contribution in [-0.4, -0.2) is 0 Å². The average molecular weight is 331 g/mol. The first-order valence-corrected chi connectivity index (χ1v) is 10.1. The molecule has 1 aliphatic carbocycles. The molecule has 0 bridgehead atoms. The van der Waals surface area contributed by atoms with Gasteiger partial charge in [0, 0.05) is 0 Å². The topological polar surface area (TPSA) is 0 Å². The second kappa shape index (κ2) is 6.48. The quantitative estimate of drug-likeness (QED) is 0.430. The lowest BCUT2D eigenvalue weighted by atomic mass is 9.66. The Bertz CT molecular complexity index is 888. The van der Waals surface area contributed by atoms with Crippen LogP contribution in [0, 0.1) is 12.3 Å². The van der Waals surface area contributed by atoms with E-state index in [9.17, 15) is 0 Å². The third-order valence-electron chi connectivity index (χ3n) is 7.03. The van der Waals surface area contributed by atoms with E-state index < -0.39 is 0 Å². The Balaban J connectivity index is 1.82. The molecule has 0 heteroatoms. The maximum Gasteiger partial charge on any atom is -0.00999 e. The molecule has 0 N–H and O–H groups in total. The van der Waals surface area contributed by atoms with Crippen molar-refractivity contribution in [3.05, 3.63) is 59.7 Å². The van der Waals surface area contributed by atoms with E-state index in [-0.39, 0.29) is 0 Å². The fourth-order valence-corrected chi connectivity index (χ4v) is 5.08. The fourth-order valence-electron chi connectivity index (χ4n) is 5.08. The van der Waals surface area contributed by atoms with Gasteiger partial charge in [-0.3, -0.25) is 0 Å². The zero-order chi connectivity index (χ0) is 17.4. The largest absolute Gasteiger partial charge is 0.0649 e. The van der Waals surface area contributed by atoms with Gasteiger partial charge in [0.15, 0.2) is 0 Å². The summed E-state index contributed by atoms with van der Waals surface area (Å²) in [5, 5.41) is 5.72. The zero-order valence-corrected chi connectivity index (χ0v) is 15.9. The first-order chi connectivity index (χ1) is 12.2. The van der Waals surface area contributed by atoms with Gasteiger partial charge in [-0.05, 0) is 71.0 Å². The fraction of sp³-hybridized carbons (Fsp3) is 0.440. The van der Waals surface area contributed by atoms with Gasteiger partial charge in [-0.1, -0.05) is 80.8 Å². The molecule has 3 aromatic carbocycles. The molecule has 0 atom stereocenters. The van der Waals surface area contributed by atoms with Gasteiger partial charge < -0.3 is 0 Å². The molecule has 1 fully saturated rings. The lowest BCUT2D eigenvalue weighted by Gasteiger charge is -2.39. The van der Waals surface area contributed by atoms with Crippen molar-refractivity contribution in [2.75, 3.05) is 0 Å². The van der Waals surface area contributed by atoms with Crippen LogP contribution in [0.3, 0.4) is 0 Å². The van der Waals surface area contributed by atoms with Gasteiger partial charge in [0.05, 0.1) is 0 Å². The van der Waals surface area contributed by atoms with Gasteiger partial charge in [-0.2, -0.15) is 0 Å². The summed E-state index contributed by atoms with van der Waals surface area (Å²) < 4.78 is 0. The molecule has 0 aromatic heterocycles. The van der Waals surface area contributed by atoms with E-state index in [4.69, 9.17) is 0 Å². The molecular formula is C25H30. The predicted octanol–water partition coefficient (Wildman–Crippen LogP) is 7.77. The summed E-state index contributed by atoms with van der Waals surface area (Å²) in [6, 6.07) is 18.4. The normalized spacial score (nSPS) is 18.0. The van der Waals surface area contributed by atoms with Crippen molar-refractivity contribution in [3.8, 4) is 0 Å². The molecule has 0 amide bonds. The highest BCUT2D eigenvalue weighted by Gasteiger charge is 2.33. The molecule has 1 aliphatic rings. The maximum absolute atomic E-state index is 2.49. The van der Waals surface area contributed by atoms with Crippen LogP contribution in [0.4, 0.5) is 0 Å². The molecule has 0 nitrogen and oxygen atoms in total. The van der Waals surface area contributed by atoms with Gasteiger partial charge in [0.1, 0.15) is 0 Å². The van der Waals surface area contributed by atoms with Gasteiger partial charge >= 0.3 is 0 Å². The highest BCUT2D eigenvalue weighted by molar-refractivity contribution is 6.09. The molecule has 0 aliphatic heterocycles. The number of hydrogen-bond donors (Lipinski definition) is 0. The first-order valence-electron chi connectivity index (χ1n) is 10.1. The van der Waals surface area contributed by atoms with Crippen molar-refractivity contribution in [3.63, 3.8) is 0 Å². The van der Waals surface area contributed by atoms with Crippen molar-refractivity contribution in [2.24, 2.45) is 5.41 Å². The van der Waals surface area contributed by atoms with E-state index in [0.717, 1.165) is 5.92 Å². The molecule has 1 saturated carbocycles. The second-order valence-corrected chi connectivity index (χ2v) is 8.22. The summed E-state index contributed by atoms with van der Waals surface area (Å²) in [6.45, 7) is 6.98. The van der Waals surface area contributed by atoms with Crippen molar-refractivity contribution in [2.45, 2.75) is 65.2 Å². The van der Waals surface area contributed by atoms with Gasteiger partial charge in [0.2, 0.25) is 0 Å². The maximum atomic E-state index is 2.49. The number of rotatable bonds is 3. The van der Waals surface area contributed by atoms with Crippen molar-refractivity contribution < 1.29 is 0 Å². The molecule has 0 spiro atoms. The number of hydrogen-bond acceptors (Lipinski definition) is 0. The van der Waals surface area contributed by atoms with E-state index in [0.29, 0.717) is 5.41 Å². The van der Waals surface area contributed by atoms with E-state index in [1.165, 1.54) is 65.6 Å². The van der Waals surface area contributed by atoms with Crippen LogP contribution in [0.5, 0.6) is 0 Å². The monoisotopic (exact) mass is 330 g/mol. The van der Waals surface area contributed by atoms with E-state index >= 15 is 0 Å². The Morgan fingerprint density at radius 3 is 2.28 bits per heavy atom. The van der Waals surface area contributed by atoms with Gasteiger partial charge in [0.25, 0.3) is 0 Å². The first kappa shape index (κ1) is 16.6. The molecule has 130 valence electrons. The van der Waals surface area contributed by atoms with Crippen LogP contribution >= 0.6 is 0 Å². The Labute approximate surface area is 152 Å². The molecule has 0 unspecified atom stereocenters. The number of benzene rings is 3. The molecule has 3 aromatic rings. The summed E-state index contributed by atoms with van der Waals surface area (Å²) in [6.07, 6.45) is 8.17. The van der Waals surface area contributed by atoms with E-state index in [1.54, 1.807) is 5.56 Å². The molecule has 25 heavy (non-hydrogen) atoms. The number of aryl methyl sites for hydroxylation is 1. The summed E-state index contributed by atoms with van der Waals surface area (Å²) in [7, 11) is 0. The predicted molar refractivity (Wildman–Crippen MR) is 110 cm³/mol. The average Bonchev–Trinajstić information content (AvgIpc) is 2.67. The van der Waals surface area contributed by atoms with Crippen LogP contribution in [0.2, 0.25) is 0 Å². The Hall–Kier alpha value is -1.82. The summed E-state index contributed by atoms with van der Waals surface area (Å²) in [4.78, 5) is 0. The van der Waals surface area contributed by atoms with Gasteiger partial charge in [-0.15, -0.1) is 0 Å². The molecular weight excluding hydrogens is 300 g/mol. The summed E-state index contributed by atoms with van der Waals surface area (Å²) in [5.41, 5.74) is 3.56. The minimum atomic E-state index is 0.611. The zero-order valence-electron chi connectivity index (χ0n) is 15.9. The Morgan fingerprint density at radius 2 is 1.56 bits per heavy atom. The van der Waals surface area contributed by atoms with Crippen molar-refractivity contribution >= 4 is 21.5 Å². The Morgan fingerprint density at radius 1 is 0.840 bits per heavy atom. The molecule has 0 saturated heterocycles. The van der Waals surface area contributed by atoms with Gasteiger partial charge in [-0.25, -0.2) is 0 Å². The second-order valence-electron chi connectivity index (χ2n) is 8.22. The molecule has 0 radical (unpaired) electrons. The third-order valence-corrected chi connectivity index (χ3v) is 7.03. The SMILES string of the molecule is CCC1(CC)CCC(c2cc3ccccc3c3cc(C)ccc23)CC1. The van der Waals surface area contributed by atoms with Crippen LogP contribution in [-0.2, 0) is 0 Å². The van der Waals surface area contributed by atoms with E-state index in [1.807, 2.05) is 0 Å². The lowest BCUT2D eigenvalue weighted by Crippen LogP contribution is -2.25. The smallest absolute Gasteiger partial charge is 0.00999 e. The third kappa shape index (κ3) is 2.86. The van der Waals surface area contributed by atoms with Crippen molar-refractivity contribution in [1.29, 1.82) is 0 Å². The minimum absolute atomic E-state index is 0.611. The highest BCUT2D eigenvalue weighted by atomic mass is 14.4. The Kier molecular flexibility index (Phi) is 4.31. The number of fused-ring (bicyclic) bond motifs is 3. The standard InChI is InChI=1S/C25H30/c1-4-25(5-2)14-12-19(13-15-25)23-17-20-8-6-7-9-21(20)24-16-18(3)10-11-22(23)24/h6-11,16-17,19H,4-5,12-15H2,1-3H3.